The van der Waals surface area contributed by atoms with Crippen molar-refractivity contribution < 1.29 is 54.3 Å². The average molecular weight is 1530 g/mol. The second-order valence-electron chi connectivity index (χ2n) is 33.0. The van der Waals surface area contributed by atoms with Crippen molar-refractivity contribution in [2.45, 2.75) is 229 Å². The standard InChI is InChI=1S/C40H44ClF4N7O2.C39H43ClF4N8O2/c1-21(2)51-20-46-28-17-26(47-34(33(28)51)48-27-16-24(30(41)32(43)31(27)42)35(53)49-40(11-12-40)36(44)45)22-9-10-25-29(15-22)52(37(54)38(25,3)4)39(5)18-23(19-39)50-13-7-6-8-14-50;1-20(2)51-19-46-26-15-24(47-33(31(26)51)48-25-14-23(28(40)30(42)29(25)41)34(53)49-39(9-10-39)35(43)44)21-13-27-32(45-18-21)37(3,4)36(54)52(27)38(5)16-22(17-38)50-11-7-6-8-12-50/h9-10,15-17,20-21,23,36H,6-8,11-14,18-19H2,1-5H3,(H,47,48)(H,49,53);13-15,18-20,22,35H,6-12,16-17H2,1-5H3,(H,47,48)(H,49,53). The fourth-order valence-corrected chi connectivity index (χ4v) is 17.5. The first kappa shape index (κ1) is 74.9. The summed E-state index contributed by atoms with van der Waals surface area (Å²) in [6, 6.07) is 14.0. The smallest absolute Gasteiger partial charge is 0.261 e. The summed E-state index contributed by atoms with van der Waals surface area (Å²) < 4.78 is 120. The molecule has 0 bridgehead atoms. The lowest BCUT2D eigenvalue weighted by molar-refractivity contribution is -0.125. The summed E-state index contributed by atoms with van der Waals surface area (Å²) in [4.78, 5) is 87.4. The molecule has 4 aliphatic heterocycles. The zero-order valence-corrected chi connectivity index (χ0v) is 63.4. The van der Waals surface area contributed by atoms with Gasteiger partial charge in [-0.3, -0.25) is 24.2 Å². The molecule has 5 aromatic heterocycles. The number of hydrogen-bond acceptors (Lipinski definition) is 13. The highest BCUT2D eigenvalue weighted by molar-refractivity contribution is 6.34. The van der Waals surface area contributed by atoms with E-state index in [1.54, 1.807) is 24.9 Å². The first-order valence-corrected chi connectivity index (χ1v) is 38.0. The van der Waals surface area contributed by atoms with E-state index in [9.17, 15) is 36.7 Å². The fourth-order valence-electron chi connectivity index (χ4n) is 17.1. The molecule has 0 atom stereocenters. The number of likely N-dealkylation sites (tertiary alicyclic amines) is 2. The molecule has 16 rings (SSSR count). The van der Waals surface area contributed by atoms with E-state index in [1.807, 2.05) is 105 Å². The molecule has 4 aliphatic carbocycles. The Hall–Kier alpha value is -8.53. The zero-order valence-electron chi connectivity index (χ0n) is 61.9. The van der Waals surface area contributed by atoms with E-state index in [4.69, 9.17) is 38.2 Å². The van der Waals surface area contributed by atoms with Gasteiger partial charge in [0, 0.05) is 58.3 Å². The molecule has 3 aromatic carbocycles. The van der Waals surface area contributed by atoms with Crippen LogP contribution >= 0.6 is 23.2 Å². The van der Waals surface area contributed by atoms with Crippen molar-refractivity contribution in [2.24, 2.45) is 0 Å². The predicted octanol–water partition coefficient (Wildman–Crippen LogP) is 17.2. The summed E-state index contributed by atoms with van der Waals surface area (Å²) >= 11 is 12.1. The van der Waals surface area contributed by atoms with Gasteiger partial charge in [0.2, 0.25) is 11.8 Å². The van der Waals surface area contributed by atoms with Crippen molar-refractivity contribution in [1.29, 1.82) is 0 Å². The van der Waals surface area contributed by atoms with Crippen LogP contribution in [0.3, 0.4) is 0 Å². The minimum absolute atomic E-state index is 0.00979. The Kier molecular flexibility index (Phi) is 18.9. The highest BCUT2D eigenvalue weighted by atomic mass is 35.5. The number of anilines is 6. The molecule has 4 N–H and O–H groups in total. The Morgan fingerprint density at radius 2 is 0.926 bits per heavy atom. The number of halogens is 10. The highest BCUT2D eigenvalue weighted by Crippen LogP contribution is 2.55. The van der Waals surface area contributed by atoms with Gasteiger partial charge in [0.25, 0.3) is 24.7 Å². The van der Waals surface area contributed by atoms with Crippen LogP contribution in [0.1, 0.15) is 203 Å². The maximum atomic E-state index is 15.6. The molecule has 8 aliphatic rings. The molecule has 0 radical (unpaired) electrons. The van der Waals surface area contributed by atoms with E-state index in [2.05, 4.69) is 54.9 Å². The van der Waals surface area contributed by atoms with Crippen LogP contribution in [0.25, 0.3) is 44.6 Å². The quantitative estimate of drug-likeness (QED) is 0.0467. The van der Waals surface area contributed by atoms with E-state index in [-0.39, 0.29) is 66.8 Å². The minimum Gasteiger partial charge on any atom is -0.341 e. The van der Waals surface area contributed by atoms with Crippen LogP contribution in [-0.2, 0) is 20.4 Å². The largest absolute Gasteiger partial charge is 0.341 e. The number of nitrogens with zero attached hydrogens (tertiary/aromatic N) is 11. The van der Waals surface area contributed by atoms with Crippen molar-refractivity contribution in [3.8, 4) is 22.5 Å². The lowest BCUT2D eigenvalue weighted by atomic mass is 9.71. The molecule has 4 saturated carbocycles. The summed E-state index contributed by atoms with van der Waals surface area (Å²) in [7, 11) is 0. The second-order valence-corrected chi connectivity index (χ2v) is 33.8. The number of alkyl halides is 4. The minimum atomic E-state index is -2.84. The normalized spacial score (nSPS) is 23.2. The van der Waals surface area contributed by atoms with Gasteiger partial charge >= 0.3 is 0 Å². The third-order valence-electron chi connectivity index (χ3n) is 23.9. The van der Waals surface area contributed by atoms with Crippen molar-refractivity contribution in [3.63, 3.8) is 0 Å². The number of nitrogens with one attached hydrogen (secondary N) is 4. The maximum absolute atomic E-state index is 15.6. The van der Waals surface area contributed by atoms with Crippen LogP contribution in [0.15, 0.2) is 67.4 Å². The third kappa shape index (κ3) is 12.7. The Balaban J connectivity index is 0.000000172. The SMILES string of the molecule is CC(C)n1cnc2cc(-c3ccc4c(c3)N(C3(C)CC(N5CCCCC5)C3)C(=O)C4(C)C)nc(Nc3cc(C(=O)NC4(C(F)F)CC4)c(Cl)c(F)c3F)c21.CC(C)n1cnc2cc(-c3cnc4c(c3)N(C3(C)CC(N5CCCCC5)C3)C(=O)C4(C)C)nc(Nc3cc(C(=O)NC4(C(F)F)CC4)c(Cl)c(F)c3F)c21. The van der Waals surface area contributed by atoms with Gasteiger partial charge < -0.3 is 50.0 Å². The van der Waals surface area contributed by atoms with Crippen molar-refractivity contribution in [3.05, 3.63) is 123 Å². The molecular formula is C79H87Cl2F8N15O4. The van der Waals surface area contributed by atoms with Gasteiger partial charge in [-0.05, 0) is 214 Å². The average Bonchev–Trinajstić information content (AvgIpc) is 1.52. The fraction of sp³-hybridized carbons (Fsp3) is 0.506. The van der Waals surface area contributed by atoms with Gasteiger partial charge in [-0.2, -0.15) is 0 Å². The molecule has 6 fully saturated rings. The van der Waals surface area contributed by atoms with Gasteiger partial charge in [-0.25, -0.2) is 55.1 Å². The molecule has 29 heteroatoms. The molecule has 8 aromatic rings. The molecule has 0 spiro atoms. The van der Waals surface area contributed by atoms with E-state index in [0.29, 0.717) is 68.0 Å². The number of benzene rings is 3. The summed E-state index contributed by atoms with van der Waals surface area (Å²) in [5, 5.41) is 8.63. The monoisotopic (exact) mass is 1530 g/mol. The zero-order chi connectivity index (χ0) is 77.0. The number of piperidine rings is 2. The number of pyridine rings is 3. The van der Waals surface area contributed by atoms with Crippen LogP contribution in [0.5, 0.6) is 0 Å². The first-order valence-electron chi connectivity index (χ1n) is 37.3. The number of amides is 4. The number of fused-ring (bicyclic) bond motifs is 4. The number of carbonyl (C=O) groups is 4. The van der Waals surface area contributed by atoms with Crippen molar-refractivity contribution in [1.82, 2.24) is 54.5 Å². The summed E-state index contributed by atoms with van der Waals surface area (Å²) in [6.07, 6.45) is 10.2. The van der Waals surface area contributed by atoms with Gasteiger partial charge in [0.05, 0.1) is 89.8 Å². The molecule has 2 saturated heterocycles. The Morgan fingerprint density at radius 3 is 1.34 bits per heavy atom. The number of aromatic nitrogens is 7. The van der Waals surface area contributed by atoms with Gasteiger partial charge in [-0.15, -0.1) is 0 Å². The lowest BCUT2D eigenvalue weighted by Crippen LogP contribution is -2.64. The van der Waals surface area contributed by atoms with Crippen LogP contribution in [0, 0.1) is 23.3 Å². The van der Waals surface area contributed by atoms with Crippen LogP contribution in [0.4, 0.5) is 69.5 Å². The molecular weight excluding hydrogens is 1450 g/mol. The number of carbonyl (C=O) groups excluding carboxylic acids is 4. The van der Waals surface area contributed by atoms with Crippen LogP contribution in [0.2, 0.25) is 10.0 Å². The topological polar surface area (TPSA) is 204 Å². The first-order chi connectivity index (χ1) is 51.1. The number of imidazole rings is 2. The van der Waals surface area contributed by atoms with E-state index < -0.39 is 108 Å². The van der Waals surface area contributed by atoms with Gasteiger partial charge in [-0.1, -0.05) is 48.2 Å². The van der Waals surface area contributed by atoms with Crippen LogP contribution in [-0.4, -0.2) is 141 Å². The number of hydrogen-bond donors (Lipinski definition) is 4. The summed E-state index contributed by atoms with van der Waals surface area (Å²) in [6.45, 7) is 24.1. The third-order valence-corrected chi connectivity index (χ3v) is 24.7. The van der Waals surface area contributed by atoms with Gasteiger partial charge in [0.1, 0.15) is 22.1 Å². The van der Waals surface area contributed by atoms with Crippen molar-refractivity contribution in [2.75, 3.05) is 46.6 Å². The molecule has 108 heavy (non-hydrogen) atoms. The molecule has 572 valence electrons. The van der Waals surface area contributed by atoms with E-state index >= 15 is 17.6 Å². The Labute approximate surface area is 630 Å². The molecule has 0 unspecified atom stereocenters. The van der Waals surface area contributed by atoms with Crippen molar-refractivity contribution >= 4 is 103 Å². The number of rotatable bonds is 18. The lowest BCUT2D eigenvalue weighted by Gasteiger charge is -2.55. The molecule has 4 amide bonds. The Morgan fingerprint density at radius 1 is 0.519 bits per heavy atom. The Bertz CT molecular complexity index is 4690. The highest BCUT2D eigenvalue weighted by Gasteiger charge is 2.59. The second kappa shape index (κ2) is 27.2. The van der Waals surface area contributed by atoms with E-state index in [1.165, 1.54) is 38.5 Å². The maximum Gasteiger partial charge on any atom is 0.261 e. The molecule has 9 heterocycles. The van der Waals surface area contributed by atoms with E-state index in [0.717, 1.165) is 75.2 Å². The summed E-state index contributed by atoms with van der Waals surface area (Å²) in [5.74, 6) is -7.60. The van der Waals surface area contributed by atoms with Crippen LogP contribution < -0.4 is 31.1 Å². The molecule has 19 nitrogen and oxygen atoms in total. The predicted molar refractivity (Wildman–Crippen MR) is 399 cm³/mol. The van der Waals surface area contributed by atoms with Gasteiger partial charge in [0.15, 0.2) is 34.9 Å². The summed E-state index contributed by atoms with van der Waals surface area (Å²) in [5.41, 5.74) is -0.470.